The zero-order chi connectivity index (χ0) is 13.8. The van der Waals surface area contributed by atoms with Gasteiger partial charge in [-0.25, -0.2) is 0 Å². The lowest BCUT2D eigenvalue weighted by Crippen LogP contribution is -2.23. The number of nitrogens with one attached hydrogen (secondary N) is 1. The van der Waals surface area contributed by atoms with Gasteiger partial charge in [-0.15, -0.1) is 0 Å². The standard InChI is InChI=1S/C14H19N3OS/c1-5-15-14(11-8-16-19-17-11)13-10(3)6-9(2)7-12(13)18-4/h6-8,14-15H,5H2,1-4H3. The van der Waals surface area contributed by atoms with E-state index >= 15 is 0 Å². The summed E-state index contributed by atoms with van der Waals surface area (Å²) in [6.07, 6.45) is 1.82. The van der Waals surface area contributed by atoms with Crippen molar-refractivity contribution < 1.29 is 4.74 Å². The predicted octanol–water partition coefficient (Wildman–Crippen LogP) is 2.86. The third-order valence-electron chi connectivity index (χ3n) is 3.08. The van der Waals surface area contributed by atoms with Gasteiger partial charge < -0.3 is 10.1 Å². The van der Waals surface area contributed by atoms with Gasteiger partial charge in [0.25, 0.3) is 0 Å². The number of hydrogen-bond donors (Lipinski definition) is 1. The van der Waals surface area contributed by atoms with Crippen LogP contribution in [0.5, 0.6) is 5.75 Å². The van der Waals surface area contributed by atoms with E-state index in [1.807, 2.05) is 6.20 Å². The Morgan fingerprint density at radius 3 is 2.74 bits per heavy atom. The summed E-state index contributed by atoms with van der Waals surface area (Å²) < 4.78 is 14.0. The van der Waals surface area contributed by atoms with Crippen LogP contribution in [0.3, 0.4) is 0 Å². The van der Waals surface area contributed by atoms with Crippen LogP contribution in [0.1, 0.15) is 35.3 Å². The second kappa shape index (κ2) is 6.12. The summed E-state index contributed by atoms with van der Waals surface area (Å²) >= 11 is 1.23. The molecule has 1 aromatic heterocycles. The molecule has 2 aromatic rings. The SMILES string of the molecule is CCNC(c1cnsn1)c1c(C)cc(C)cc1OC. The lowest BCUT2D eigenvalue weighted by Gasteiger charge is -2.21. The van der Waals surface area contributed by atoms with Gasteiger partial charge in [0, 0.05) is 5.56 Å². The zero-order valence-corrected chi connectivity index (χ0v) is 12.5. The Morgan fingerprint density at radius 1 is 1.37 bits per heavy atom. The second-order valence-electron chi connectivity index (χ2n) is 4.52. The van der Waals surface area contributed by atoms with Crippen LogP contribution in [0.2, 0.25) is 0 Å². The normalized spacial score (nSPS) is 12.4. The molecule has 1 unspecified atom stereocenters. The molecule has 0 saturated carbocycles. The highest BCUT2D eigenvalue weighted by atomic mass is 32.1. The van der Waals surface area contributed by atoms with Gasteiger partial charge in [0.2, 0.25) is 0 Å². The summed E-state index contributed by atoms with van der Waals surface area (Å²) in [5.74, 6) is 0.899. The third kappa shape index (κ3) is 2.93. The van der Waals surface area contributed by atoms with Crippen LogP contribution in [0.15, 0.2) is 18.3 Å². The molecule has 0 amide bonds. The van der Waals surface area contributed by atoms with Crippen LogP contribution in [-0.4, -0.2) is 22.4 Å². The Morgan fingerprint density at radius 2 is 2.16 bits per heavy atom. The van der Waals surface area contributed by atoms with Gasteiger partial charge in [0.15, 0.2) is 0 Å². The molecule has 4 nitrogen and oxygen atoms in total. The summed E-state index contributed by atoms with van der Waals surface area (Å²) in [5, 5.41) is 3.46. The molecule has 0 saturated heterocycles. The fourth-order valence-electron chi connectivity index (χ4n) is 2.34. The van der Waals surface area contributed by atoms with E-state index < -0.39 is 0 Å². The summed E-state index contributed by atoms with van der Waals surface area (Å²) in [6.45, 7) is 7.13. The minimum absolute atomic E-state index is 0.0271. The van der Waals surface area contributed by atoms with Crippen LogP contribution >= 0.6 is 11.7 Å². The summed E-state index contributed by atoms with van der Waals surface area (Å²) in [4.78, 5) is 0. The first-order chi connectivity index (χ1) is 9.17. The molecule has 0 radical (unpaired) electrons. The zero-order valence-electron chi connectivity index (χ0n) is 11.7. The highest BCUT2D eigenvalue weighted by Crippen LogP contribution is 2.33. The number of hydrogen-bond acceptors (Lipinski definition) is 5. The van der Waals surface area contributed by atoms with Crippen LogP contribution in [0, 0.1) is 13.8 Å². The van der Waals surface area contributed by atoms with E-state index in [0.717, 1.165) is 23.6 Å². The van der Waals surface area contributed by atoms with Crippen molar-refractivity contribution in [1.29, 1.82) is 0 Å². The molecule has 0 aliphatic heterocycles. The van der Waals surface area contributed by atoms with Crippen molar-refractivity contribution in [2.45, 2.75) is 26.8 Å². The number of nitrogens with zero attached hydrogens (tertiary/aromatic N) is 2. The van der Waals surface area contributed by atoms with E-state index in [4.69, 9.17) is 4.74 Å². The molecule has 0 spiro atoms. The Kier molecular flexibility index (Phi) is 4.50. The fraction of sp³-hybridized carbons (Fsp3) is 0.429. The monoisotopic (exact) mass is 277 g/mol. The third-order valence-corrected chi connectivity index (χ3v) is 3.58. The van der Waals surface area contributed by atoms with E-state index in [1.165, 1.54) is 22.9 Å². The maximum absolute atomic E-state index is 5.55. The first-order valence-corrected chi connectivity index (χ1v) is 7.06. The fourth-order valence-corrected chi connectivity index (χ4v) is 2.79. The van der Waals surface area contributed by atoms with E-state index in [-0.39, 0.29) is 6.04 Å². The quantitative estimate of drug-likeness (QED) is 0.913. The van der Waals surface area contributed by atoms with E-state index in [9.17, 15) is 0 Å². The van der Waals surface area contributed by atoms with Gasteiger partial charge in [-0.05, 0) is 37.6 Å². The number of benzene rings is 1. The van der Waals surface area contributed by atoms with Gasteiger partial charge in [-0.3, -0.25) is 0 Å². The Balaban J connectivity index is 2.53. The average molecular weight is 277 g/mol. The van der Waals surface area contributed by atoms with Gasteiger partial charge in [-0.2, -0.15) is 8.75 Å². The average Bonchev–Trinajstić information content (AvgIpc) is 2.89. The highest BCUT2D eigenvalue weighted by molar-refractivity contribution is 6.99. The van der Waals surface area contributed by atoms with Crippen molar-refractivity contribution in [3.8, 4) is 5.75 Å². The van der Waals surface area contributed by atoms with Gasteiger partial charge in [-0.1, -0.05) is 13.0 Å². The summed E-state index contributed by atoms with van der Waals surface area (Å²) in [7, 11) is 1.71. The molecule has 0 aliphatic rings. The Bertz CT molecular complexity index is 540. The molecule has 1 N–H and O–H groups in total. The van der Waals surface area contributed by atoms with Crippen LogP contribution in [0.4, 0.5) is 0 Å². The number of aryl methyl sites for hydroxylation is 2. The molecule has 0 fully saturated rings. The van der Waals surface area contributed by atoms with Crippen LogP contribution < -0.4 is 10.1 Å². The molecule has 0 bridgehead atoms. The topological polar surface area (TPSA) is 47.0 Å². The maximum atomic E-state index is 5.55. The molecule has 5 heteroatoms. The van der Waals surface area contributed by atoms with E-state index in [1.54, 1.807) is 7.11 Å². The first kappa shape index (κ1) is 14.0. The van der Waals surface area contributed by atoms with E-state index in [0.29, 0.717) is 0 Å². The molecule has 19 heavy (non-hydrogen) atoms. The van der Waals surface area contributed by atoms with Crippen LogP contribution in [0.25, 0.3) is 0 Å². The summed E-state index contributed by atoms with van der Waals surface area (Å²) in [5.41, 5.74) is 4.49. The molecule has 102 valence electrons. The van der Waals surface area contributed by atoms with Crippen molar-refractivity contribution in [3.63, 3.8) is 0 Å². The predicted molar refractivity (Wildman–Crippen MR) is 77.9 cm³/mol. The highest BCUT2D eigenvalue weighted by Gasteiger charge is 2.22. The molecular formula is C14H19N3OS. The van der Waals surface area contributed by atoms with Crippen molar-refractivity contribution in [2.75, 3.05) is 13.7 Å². The second-order valence-corrected chi connectivity index (χ2v) is 5.08. The number of methoxy groups -OCH3 is 1. The van der Waals surface area contributed by atoms with E-state index in [2.05, 4.69) is 47.0 Å². The van der Waals surface area contributed by atoms with Crippen molar-refractivity contribution in [3.05, 3.63) is 40.7 Å². The van der Waals surface area contributed by atoms with Gasteiger partial charge >= 0.3 is 0 Å². The molecule has 1 heterocycles. The van der Waals surface area contributed by atoms with Gasteiger partial charge in [0.1, 0.15) is 5.75 Å². The number of aromatic nitrogens is 2. The van der Waals surface area contributed by atoms with Crippen molar-refractivity contribution >= 4 is 11.7 Å². The number of ether oxygens (including phenoxy) is 1. The van der Waals surface area contributed by atoms with Crippen molar-refractivity contribution in [1.82, 2.24) is 14.1 Å². The smallest absolute Gasteiger partial charge is 0.124 e. The van der Waals surface area contributed by atoms with Crippen molar-refractivity contribution in [2.24, 2.45) is 0 Å². The summed E-state index contributed by atoms with van der Waals surface area (Å²) in [6, 6.07) is 4.26. The molecule has 2 rings (SSSR count). The lowest BCUT2D eigenvalue weighted by atomic mass is 9.96. The van der Waals surface area contributed by atoms with Gasteiger partial charge in [0.05, 0.1) is 36.8 Å². The molecule has 1 aromatic carbocycles. The van der Waals surface area contributed by atoms with Crippen LogP contribution in [-0.2, 0) is 0 Å². The Hall–Kier alpha value is -1.46. The molecule has 0 aliphatic carbocycles. The molecule has 1 atom stereocenters. The Labute approximate surface area is 118 Å². The maximum Gasteiger partial charge on any atom is 0.124 e. The minimum Gasteiger partial charge on any atom is -0.496 e. The minimum atomic E-state index is 0.0271. The molecular weight excluding hydrogens is 258 g/mol. The lowest BCUT2D eigenvalue weighted by molar-refractivity contribution is 0.403. The largest absolute Gasteiger partial charge is 0.496 e. The first-order valence-electron chi connectivity index (χ1n) is 6.33. The number of rotatable bonds is 5.